The smallest absolute Gasteiger partial charge is 0.139 e. The Morgan fingerprint density at radius 2 is 2.00 bits per heavy atom. The Kier molecular flexibility index (Phi) is 3.56. The monoisotopic (exact) mass is 285 g/mol. The van der Waals surface area contributed by atoms with E-state index in [1.807, 2.05) is 42.5 Å². The van der Waals surface area contributed by atoms with Gasteiger partial charge >= 0.3 is 0 Å². The minimum absolute atomic E-state index is 0.420. The molecule has 0 saturated carbocycles. The number of fused-ring (bicyclic) bond motifs is 1. The summed E-state index contributed by atoms with van der Waals surface area (Å²) in [6, 6.07) is 15.9. The molecule has 0 fully saturated rings. The average molecular weight is 285 g/mol. The molecule has 0 spiro atoms. The van der Waals surface area contributed by atoms with Crippen LogP contribution in [0.1, 0.15) is 5.56 Å². The summed E-state index contributed by atoms with van der Waals surface area (Å²) in [6.07, 6.45) is 0. The van der Waals surface area contributed by atoms with Gasteiger partial charge in [-0.3, -0.25) is 0 Å². The van der Waals surface area contributed by atoms with Crippen LogP contribution in [-0.4, -0.2) is 18.7 Å². The summed E-state index contributed by atoms with van der Waals surface area (Å²) >= 11 is 5.48. The predicted molar refractivity (Wildman–Crippen MR) is 83.7 cm³/mol. The molecule has 0 saturated heterocycles. The second-order valence-electron chi connectivity index (χ2n) is 4.58. The Balaban J connectivity index is 1.97. The minimum atomic E-state index is 0.420. The first-order chi connectivity index (χ1) is 9.78. The Morgan fingerprint density at radius 3 is 2.85 bits per heavy atom. The zero-order valence-electron chi connectivity index (χ0n) is 11.2. The van der Waals surface area contributed by atoms with Gasteiger partial charge in [-0.05, 0) is 18.2 Å². The average Bonchev–Trinajstić information content (AvgIpc) is 2.67. The van der Waals surface area contributed by atoms with E-state index in [1.165, 1.54) is 0 Å². The number of rotatable bonds is 2. The maximum atomic E-state index is 5.75. The molecule has 1 aliphatic heterocycles. The summed E-state index contributed by atoms with van der Waals surface area (Å²) in [5, 5.41) is 0. The van der Waals surface area contributed by atoms with Crippen molar-refractivity contribution >= 4 is 22.9 Å². The number of hydrogen-bond donors (Lipinski definition) is 0. The number of anilines is 1. The van der Waals surface area contributed by atoms with Crippen LogP contribution in [-0.2, 0) is 6.54 Å². The summed E-state index contributed by atoms with van der Waals surface area (Å²) in [5.74, 6) is 1.73. The Hall–Kier alpha value is -2.07. The molecular formula is C16H15NO2S. The first-order valence-electron chi connectivity index (χ1n) is 6.43. The fraction of sp³-hybridized carbons (Fsp3) is 0.188. The van der Waals surface area contributed by atoms with Gasteiger partial charge in [0, 0.05) is 17.3 Å². The standard InChI is InChI=1S/C16H15NO2S/c1-18-14-7-4-6-13(9-14)17-10-12-5-2-3-8-15(12)19-11-16(17)20/h2-9H,10-11H2,1H3. The van der Waals surface area contributed by atoms with Gasteiger partial charge in [0.25, 0.3) is 0 Å². The lowest BCUT2D eigenvalue weighted by Crippen LogP contribution is -2.30. The fourth-order valence-corrected chi connectivity index (χ4v) is 2.49. The van der Waals surface area contributed by atoms with E-state index in [9.17, 15) is 0 Å². The topological polar surface area (TPSA) is 21.7 Å². The van der Waals surface area contributed by atoms with Gasteiger partial charge in [-0.15, -0.1) is 0 Å². The van der Waals surface area contributed by atoms with Crippen LogP contribution >= 0.6 is 12.2 Å². The number of ether oxygens (including phenoxy) is 2. The van der Waals surface area contributed by atoms with Crippen LogP contribution in [0.3, 0.4) is 0 Å². The summed E-state index contributed by atoms with van der Waals surface area (Å²) in [6.45, 7) is 1.13. The third kappa shape index (κ3) is 2.47. The number of nitrogens with zero attached hydrogens (tertiary/aromatic N) is 1. The van der Waals surface area contributed by atoms with E-state index in [-0.39, 0.29) is 0 Å². The molecule has 3 nitrogen and oxygen atoms in total. The normalized spacial score (nSPS) is 14.2. The van der Waals surface area contributed by atoms with Gasteiger partial charge in [-0.25, -0.2) is 0 Å². The van der Waals surface area contributed by atoms with E-state index in [0.717, 1.165) is 27.7 Å². The molecular weight excluding hydrogens is 270 g/mol. The number of methoxy groups -OCH3 is 1. The SMILES string of the molecule is COc1cccc(N2Cc3ccccc3OCC2=S)c1. The number of hydrogen-bond acceptors (Lipinski definition) is 3. The Morgan fingerprint density at radius 1 is 1.15 bits per heavy atom. The van der Waals surface area contributed by atoms with Gasteiger partial charge in [0.05, 0.1) is 13.7 Å². The third-order valence-corrected chi connectivity index (χ3v) is 3.66. The van der Waals surface area contributed by atoms with Crippen molar-refractivity contribution in [3.63, 3.8) is 0 Å². The first-order valence-corrected chi connectivity index (χ1v) is 6.84. The molecule has 2 aromatic carbocycles. The molecule has 1 heterocycles. The molecule has 0 radical (unpaired) electrons. The highest BCUT2D eigenvalue weighted by Gasteiger charge is 2.20. The molecule has 1 aliphatic rings. The molecule has 0 N–H and O–H groups in total. The molecule has 0 bridgehead atoms. The molecule has 2 aromatic rings. The van der Waals surface area contributed by atoms with Gasteiger partial charge in [-0.1, -0.05) is 36.5 Å². The number of para-hydroxylation sites is 1. The van der Waals surface area contributed by atoms with Crippen LogP contribution in [0, 0.1) is 0 Å². The van der Waals surface area contributed by atoms with Gasteiger partial charge in [0.15, 0.2) is 0 Å². The van der Waals surface area contributed by atoms with Crippen molar-refractivity contribution in [2.75, 3.05) is 18.6 Å². The lowest BCUT2D eigenvalue weighted by molar-refractivity contribution is 0.378. The van der Waals surface area contributed by atoms with Gasteiger partial charge < -0.3 is 14.4 Å². The van der Waals surface area contributed by atoms with E-state index in [0.29, 0.717) is 13.2 Å². The number of benzene rings is 2. The molecule has 0 aliphatic carbocycles. The number of thiocarbonyl (C=S) groups is 1. The highest BCUT2D eigenvalue weighted by atomic mass is 32.1. The van der Waals surface area contributed by atoms with Crippen LogP contribution in [0.25, 0.3) is 0 Å². The molecule has 3 rings (SSSR count). The highest BCUT2D eigenvalue weighted by Crippen LogP contribution is 2.28. The minimum Gasteiger partial charge on any atom is -0.497 e. The van der Waals surface area contributed by atoms with Crippen molar-refractivity contribution in [2.45, 2.75) is 6.54 Å². The van der Waals surface area contributed by atoms with Crippen molar-refractivity contribution in [2.24, 2.45) is 0 Å². The second kappa shape index (κ2) is 5.51. The first kappa shape index (κ1) is 12.9. The summed E-state index contributed by atoms with van der Waals surface area (Å²) in [5.41, 5.74) is 2.16. The van der Waals surface area contributed by atoms with Crippen LogP contribution in [0.5, 0.6) is 11.5 Å². The Bertz CT molecular complexity index is 642. The van der Waals surface area contributed by atoms with Crippen LogP contribution < -0.4 is 14.4 Å². The zero-order valence-corrected chi connectivity index (χ0v) is 12.0. The van der Waals surface area contributed by atoms with E-state index in [4.69, 9.17) is 21.7 Å². The molecule has 0 amide bonds. The van der Waals surface area contributed by atoms with E-state index < -0.39 is 0 Å². The lowest BCUT2D eigenvalue weighted by atomic mass is 10.2. The van der Waals surface area contributed by atoms with E-state index in [1.54, 1.807) is 7.11 Å². The molecule has 0 aromatic heterocycles. The highest BCUT2D eigenvalue weighted by molar-refractivity contribution is 7.80. The zero-order chi connectivity index (χ0) is 13.9. The van der Waals surface area contributed by atoms with Crippen molar-refractivity contribution in [3.8, 4) is 11.5 Å². The van der Waals surface area contributed by atoms with Crippen molar-refractivity contribution in [3.05, 3.63) is 54.1 Å². The second-order valence-corrected chi connectivity index (χ2v) is 5.05. The van der Waals surface area contributed by atoms with E-state index >= 15 is 0 Å². The quantitative estimate of drug-likeness (QED) is 0.788. The molecule has 4 heteroatoms. The molecule has 0 atom stereocenters. The Labute approximate surface area is 123 Å². The van der Waals surface area contributed by atoms with Crippen LogP contribution in [0.2, 0.25) is 0 Å². The molecule has 20 heavy (non-hydrogen) atoms. The summed E-state index contributed by atoms with van der Waals surface area (Å²) < 4.78 is 11.0. The summed E-state index contributed by atoms with van der Waals surface area (Å²) in [4.78, 5) is 2.86. The third-order valence-electron chi connectivity index (χ3n) is 3.32. The fourth-order valence-electron chi connectivity index (χ4n) is 2.26. The van der Waals surface area contributed by atoms with Crippen molar-refractivity contribution < 1.29 is 9.47 Å². The van der Waals surface area contributed by atoms with Crippen molar-refractivity contribution in [1.29, 1.82) is 0 Å². The van der Waals surface area contributed by atoms with Gasteiger partial charge in [-0.2, -0.15) is 0 Å². The maximum absolute atomic E-state index is 5.75. The largest absolute Gasteiger partial charge is 0.497 e. The van der Waals surface area contributed by atoms with Crippen LogP contribution in [0.15, 0.2) is 48.5 Å². The van der Waals surface area contributed by atoms with Gasteiger partial charge in [0.1, 0.15) is 23.1 Å². The van der Waals surface area contributed by atoms with Crippen LogP contribution in [0.4, 0.5) is 5.69 Å². The summed E-state index contributed by atoms with van der Waals surface area (Å²) in [7, 11) is 1.66. The molecule has 0 unspecified atom stereocenters. The van der Waals surface area contributed by atoms with E-state index in [2.05, 4.69) is 11.0 Å². The lowest BCUT2D eigenvalue weighted by Gasteiger charge is -2.23. The maximum Gasteiger partial charge on any atom is 0.139 e. The molecule has 102 valence electrons. The predicted octanol–water partition coefficient (Wildman–Crippen LogP) is 3.42. The van der Waals surface area contributed by atoms with Crippen molar-refractivity contribution in [1.82, 2.24) is 0 Å². The van der Waals surface area contributed by atoms with Gasteiger partial charge in [0.2, 0.25) is 0 Å².